The van der Waals surface area contributed by atoms with Crippen LogP contribution in [-0.4, -0.2) is 25.8 Å². The third-order valence-electron chi connectivity index (χ3n) is 2.45. The van der Waals surface area contributed by atoms with E-state index in [1.54, 1.807) is 31.2 Å². The molecule has 5 nitrogen and oxygen atoms in total. The lowest BCUT2D eigenvalue weighted by atomic mass is 10.2. The van der Waals surface area contributed by atoms with Gasteiger partial charge in [-0.1, -0.05) is 11.6 Å². The Morgan fingerprint density at radius 3 is 2.65 bits per heavy atom. The molecule has 1 aromatic heterocycles. The van der Waals surface area contributed by atoms with Crippen molar-refractivity contribution in [3.05, 3.63) is 35.6 Å². The molecule has 1 heterocycles. The molecule has 1 aromatic carbocycles. The van der Waals surface area contributed by atoms with Gasteiger partial charge in [-0.3, -0.25) is 4.57 Å². The standard InChI is InChI=1S/C11H10ClN3O2/c1-7(11(16)17)15-6-13-14-10(15)8-2-4-9(12)5-3-8/h2-7H,1H3,(H,16,17). The number of hydrogen-bond acceptors (Lipinski definition) is 3. The Bertz CT molecular complexity index is 536. The Labute approximate surface area is 103 Å². The average molecular weight is 252 g/mol. The van der Waals surface area contributed by atoms with Crippen molar-refractivity contribution in [3.63, 3.8) is 0 Å². The summed E-state index contributed by atoms with van der Waals surface area (Å²) in [6.07, 6.45) is 1.41. The molecule has 0 spiro atoms. The van der Waals surface area contributed by atoms with Gasteiger partial charge in [0.1, 0.15) is 12.4 Å². The zero-order valence-electron chi connectivity index (χ0n) is 9.04. The van der Waals surface area contributed by atoms with E-state index >= 15 is 0 Å². The zero-order valence-corrected chi connectivity index (χ0v) is 9.80. The molecule has 1 unspecified atom stereocenters. The van der Waals surface area contributed by atoms with Gasteiger partial charge in [0.25, 0.3) is 0 Å². The molecule has 0 amide bonds. The zero-order chi connectivity index (χ0) is 12.4. The smallest absolute Gasteiger partial charge is 0.326 e. The third-order valence-corrected chi connectivity index (χ3v) is 2.70. The molecule has 1 atom stereocenters. The predicted molar refractivity (Wildman–Crippen MR) is 62.8 cm³/mol. The van der Waals surface area contributed by atoms with E-state index in [0.717, 1.165) is 5.56 Å². The Kier molecular flexibility index (Phi) is 3.10. The number of aliphatic carboxylic acids is 1. The summed E-state index contributed by atoms with van der Waals surface area (Å²) in [6.45, 7) is 1.57. The van der Waals surface area contributed by atoms with Crippen LogP contribution in [0, 0.1) is 0 Å². The van der Waals surface area contributed by atoms with Gasteiger partial charge in [0.15, 0.2) is 5.82 Å². The van der Waals surface area contributed by atoms with Crippen LogP contribution < -0.4 is 0 Å². The molecule has 0 aliphatic carbocycles. The van der Waals surface area contributed by atoms with E-state index in [0.29, 0.717) is 10.8 Å². The molecule has 2 aromatic rings. The first kappa shape index (κ1) is 11.6. The van der Waals surface area contributed by atoms with E-state index < -0.39 is 12.0 Å². The molecule has 0 aliphatic rings. The van der Waals surface area contributed by atoms with Crippen molar-refractivity contribution >= 4 is 17.6 Å². The highest BCUT2D eigenvalue weighted by molar-refractivity contribution is 6.30. The van der Waals surface area contributed by atoms with Crippen molar-refractivity contribution in [1.29, 1.82) is 0 Å². The summed E-state index contributed by atoms with van der Waals surface area (Å²) in [7, 11) is 0. The number of carbonyl (C=O) groups is 1. The maximum Gasteiger partial charge on any atom is 0.326 e. The van der Waals surface area contributed by atoms with E-state index in [9.17, 15) is 4.79 Å². The summed E-state index contributed by atoms with van der Waals surface area (Å²) < 4.78 is 1.51. The number of benzene rings is 1. The molecule has 88 valence electrons. The fourth-order valence-corrected chi connectivity index (χ4v) is 1.58. The number of rotatable bonds is 3. The highest BCUT2D eigenvalue weighted by atomic mass is 35.5. The van der Waals surface area contributed by atoms with Gasteiger partial charge in [0.05, 0.1) is 0 Å². The first-order chi connectivity index (χ1) is 8.09. The second-order valence-electron chi connectivity index (χ2n) is 3.58. The molecule has 0 bridgehead atoms. The van der Waals surface area contributed by atoms with E-state index in [2.05, 4.69) is 10.2 Å². The van der Waals surface area contributed by atoms with E-state index in [-0.39, 0.29) is 0 Å². The molecular weight excluding hydrogens is 242 g/mol. The molecule has 0 radical (unpaired) electrons. The first-order valence-electron chi connectivity index (χ1n) is 4.98. The van der Waals surface area contributed by atoms with Gasteiger partial charge < -0.3 is 5.11 Å². The highest BCUT2D eigenvalue weighted by Crippen LogP contribution is 2.22. The summed E-state index contributed by atoms with van der Waals surface area (Å²) in [6, 6.07) is 6.29. The van der Waals surface area contributed by atoms with Crippen LogP contribution in [0.25, 0.3) is 11.4 Å². The molecule has 17 heavy (non-hydrogen) atoms. The fourth-order valence-electron chi connectivity index (χ4n) is 1.45. The minimum absolute atomic E-state index is 0.511. The SMILES string of the molecule is CC(C(=O)O)n1cnnc1-c1ccc(Cl)cc1. The van der Waals surface area contributed by atoms with Crippen molar-refractivity contribution in [2.75, 3.05) is 0 Å². The molecule has 1 N–H and O–H groups in total. The maximum absolute atomic E-state index is 10.9. The van der Waals surface area contributed by atoms with Crippen LogP contribution in [0.1, 0.15) is 13.0 Å². The summed E-state index contributed by atoms with van der Waals surface area (Å²) in [5, 5.41) is 17.3. The highest BCUT2D eigenvalue weighted by Gasteiger charge is 2.18. The number of hydrogen-bond donors (Lipinski definition) is 1. The molecular formula is C11H10ClN3O2. The molecule has 0 saturated carbocycles. The second-order valence-corrected chi connectivity index (χ2v) is 4.02. The quantitative estimate of drug-likeness (QED) is 0.908. The third kappa shape index (κ3) is 2.29. The van der Waals surface area contributed by atoms with Gasteiger partial charge in [-0.25, -0.2) is 4.79 Å². The van der Waals surface area contributed by atoms with E-state index in [1.165, 1.54) is 10.9 Å². The van der Waals surface area contributed by atoms with Crippen LogP contribution >= 0.6 is 11.6 Å². The number of carboxylic acid groups (broad SMARTS) is 1. The summed E-state index contributed by atoms with van der Waals surface area (Å²) in [5.41, 5.74) is 0.778. The lowest BCUT2D eigenvalue weighted by Gasteiger charge is -2.10. The van der Waals surface area contributed by atoms with Crippen LogP contribution in [0.3, 0.4) is 0 Å². The van der Waals surface area contributed by atoms with Gasteiger partial charge in [0.2, 0.25) is 0 Å². The lowest BCUT2D eigenvalue weighted by Crippen LogP contribution is -2.15. The minimum Gasteiger partial charge on any atom is -0.480 e. The first-order valence-corrected chi connectivity index (χ1v) is 5.35. The lowest BCUT2D eigenvalue weighted by molar-refractivity contribution is -0.140. The number of nitrogens with zero attached hydrogens (tertiary/aromatic N) is 3. The number of halogens is 1. The fraction of sp³-hybridized carbons (Fsp3) is 0.182. The van der Waals surface area contributed by atoms with Gasteiger partial charge in [-0.15, -0.1) is 10.2 Å². The van der Waals surface area contributed by atoms with Crippen LogP contribution in [0.15, 0.2) is 30.6 Å². The Balaban J connectivity index is 2.43. The largest absolute Gasteiger partial charge is 0.480 e. The van der Waals surface area contributed by atoms with Gasteiger partial charge in [-0.05, 0) is 31.2 Å². The van der Waals surface area contributed by atoms with Gasteiger partial charge in [-0.2, -0.15) is 0 Å². The topological polar surface area (TPSA) is 68.0 Å². The minimum atomic E-state index is -0.931. The van der Waals surface area contributed by atoms with Gasteiger partial charge >= 0.3 is 5.97 Å². The normalized spacial score (nSPS) is 12.4. The van der Waals surface area contributed by atoms with Crippen molar-refractivity contribution in [3.8, 4) is 11.4 Å². The predicted octanol–water partition coefficient (Wildman–Crippen LogP) is 2.24. The van der Waals surface area contributed by atoms with Crippen LogP contribution in [0.5, 0.6) is 0 Å². The summed E-state index contributed by atoms with van der Waals surface area (Å²) >= 11 is 5.79. The van der Waals surface area contributed by atoms with Crippen molar-refractivity contribution in [1.82, 2.24) is 14.8 Å². The number of aromatic nitrogens is 3. The second kappa shape index (κ2) is 4.55. The van der Waals surface area contributed by atoms with E-state index in [4.69, 9.17) is 16.7 Å². The van der Waals surface area contributed by atoms with E-state index in [1.807, 2.05) is 0 Å². The maximum atomic E-state index is 10.9. The molecule has 0 aliphatic heterocycles. The van der Waals surface area contributed by atoms with Crippen molar-refractivity contribution < 1.29 is 9.90 Å². The number of carboxylic acids is 1. The van der Waals surface area contributed by atoms with Crippen molar-refractivity contribution in [2.24, 2.45) is 0 Å². The summed E-state index contributed by atoms with van der Waals surface area (Å²) in [5.74, 6) is -0.420. The Morgan fingerprint density at radius 2 is 2.06 bits per heavy atom. The average Bonchev–Trinajstić information content (AvgIpc) is 2.77. The van der Waals surface area contributed by atoms with Crippen LogP contribution in [0.2, 0.25) is 5.02 Å². The Hall–Kier alpha value is -1.88. The Morgan fingerprint density at radius 1 is 1.41 bits per heavy atom. The molecule has 2 rings (SSSR count). The molecule has 6 heteroatoms. The molecule has 0 fully saturated rings. The molecule has 0 saturated heterocycles. The monoisotopic (exact) mass is 251 g/mol. The summed E-state index contributed by atoms with van der Waals surface area (Å²) in [4.78, 5) is 10.9. The van der Waals surface area contributed by atoms with Crippen LogP contribution in [-0.2, 0) is 4.79 Å². The van der Waals surface area contributed by atoms with Crippen LogP contribution in [0.4, 0.5) is 0 Å². The van der Waals surface area contributed by atoms with Gasteiger partial charge in [0, 0.05) is 10.6 Å². The van der Waals surface area contributed by atoms with Crippen molar-refractivity contribution in [2.45, 2.75) is 13.0 Å².